The summed E-state index contributed by atoms with van der Waals surface area (Å²) in [7, 11) is -2.90. The number of fused-ring (bicyclic) bond motifs is 3. The molecule has 24 heavy (non-hydrogen) atoms. The first-order valence-corrected chi connectivity index (χ1v) is 9.13. The lowest BCUT2D eigenvalue weighted by Crippen LogP contribution is -2.13. The molecule has 0 radical (unpaired) electrons. The van der Waals surface area contributed by atoms with Crippen molar-refractivity contribution in [3.8, 4) is 11.1 Å². The van der Waals surface area contributed by atoms with Crippen LogP contribution < -0.4 is 5.14 Å². The van der Waals surface area contributed by atoms with E-state index in [2.05, 4.69) is 15.8 Å². The smallest absolute Gasteiger partial charge is 0.140 e. The normalized spacial score (nSPS) is 19.4. The number of pyridine rings is 2. The first kappa shape index (κ1) is 15.3. The molecule has 1 aliphatic rings. The van der Waals surface area contributed by atoms with Gasteiger partial charge in [-0.15, -0.1) is 0 Å². The molecule has 3 aromatic rings. The molecule has 2 unspecified atom stereocenters. The molecule has 1 aliphatic carbocycles. The summed E-state index contributed by atoms with van der Waals surface area (Å²) in [6, 6.07) is 4.43. The Labute approximate surface area is 137 Å². The number of aromatic nitrogens is 3. The van der Waals surface area contributed by atoms with Crippen molar-refractivity contribution >= 4 is 21.2 Å². The van der Waals surface area contributed by atoms with E-state index in [1.165, 1.54) is 18.3 Å². The van der Waals surface area contributed by atoms with Gasteiger partial charge < -0.3 is 9.51 Å². The number of aryl methyl sites for hydroxylation is 1. The fourth-order valence-corrected chi connectivity index (χ4v) is 3.54. The van der Waals surface area contributed by atoms with Gasteiger partial charge in [-0.05, 0) is 30.8 Å². The molecule has 0 amide bonds. The zero-order valence-electron chi connectivity index (χ0n) is 12.6. The average molecular weight is 346 g/mol. The number of rotatable bonds is 2. The molecule has 4 rings (SSSR count). The van der Waals surface area contributed by atoms with Gasteiger partial charge in [0.05, 0.1) is 21.5 Å². The van der Waals surface area contributed by atoms with Crippen LogP contribution in [-0.2, 0) is 16.1 Å². The minimum atomic E-state index is -2.90. The molecular weight excluding hydrogens is 331 g/mol. The highest BCUT2D eigenvalue weighted by Gasteiger charge is 2.26. The maximum absolute atomic E-state index is 14.5. The summed E-state index contributed by atoms with van der Waals surface area (Å²) < 4.78 is 28.0. The fourth-order valence-electron chi connectivity index (χ4n) is 3.01. The molecule has 0 spiro atoms. The lowest BCUT2D eigenvalue weighted by molar-refractivity contribution is 0.176. The van der Waals surface area contributed by atoms with Crippen LogP contribution in [0.3, 0.4) is 0 Å². The van der Waals surface area contributed by atoms with E-state index in [4.69, 9.17) is 5.14 Å². The molecule has 3 aromatic heterocycles. The Morgan fingerprint density at radius 2 is 2.25 bits per heavy atom. The monoisotopic (exact) mass is 346 g/mol. The molecule has 3 N–H and O–H groups in total. The zero-order chi connectivity index (χ0) is 17.1. The number of nitrogens with two attached hydrogens (primary N) is 1. The molecule has 0 aliphatic heterocycles. The third-order valence-electron chi connectivity index (χ3n) is 4.21. The van der Waals surface area contributed by atoms with E-state index < -0.39 is 21.6 Å². The molecular formula is C16H15FN4O2S. The van der Waals surface area contributed by atoms with Crippen LogP contribution in [0.25, 0.3) is 16.8 Å². The Hall–Kier alpha value is -2.29. The maximum atomic E-state index is 14.5. The number of aliphatic hydroxyl groups excluding tert-OH is 1. The highest BCUT2D eigenvalue weighted by molar-refractivity contribution is 7.98. The summed E-state index contributed by atoms with van der Waals surface area (Å²) in [4.78, 5) is 8.34. The minimum Gasteiger partial charge on any atom is -0.387 e. The Morgan fingerprint density at radius 1 is 1.46 bits per heavy atom. The molecule has 0 aromatic carbocycles. The highest BCUT2D eigenvalue weighted by atomic mass is 32.2. The molecule has 3 heterocycles. The van der Waals surface area contributed by atoms with Crippen molar-refractivity contribution in [2.45, 2.75) is 24.0 Å². The van der Waals surface area contributed by atoms with Crippen LogP contribution in [-0.4, -0.2) is 29.6 Å². The summed E-state index contributed by atoms with van der Waals surface area (Å²) in [5.41, 5.74) is 2.84. The molecule has 0 fully saturated rings. The van der Waals surface area contributed by atoms with Crippen LogP contribution in [0, 0.1) is 5.82 Å². The summed E-state index contributed by atoms with van der Waals surface area (Å²) in [5, 5.41) is 15.5. The van der Waals surface area contributed by atoms with Gasteiger partial charge in [-0.2, -0.15) is 0 Å². The first-order chi connectivity index (χ1) is 11.3. The number of nitrogens with zero attached hydrogens (tertiary/aromatic N) is 3. The molecule has 0 bridgehead atoms. The van der Waals surface area contributed by atoms with Crippen molar-refractivity contribution in [3.05, 3.63) is 47.8 Å². The van der Waals surface area contributed by atoms with E-state index in [1.54, 1.807) is 16.7 Å². The maximum Gasteiger partial charge on any atom is 0.140 e. The molecule has 6 nitrogen and oxygen atoms in total. The van der Waals surface area contributed by atoms with Crippen LogP contribution in [0.5, 0.6) is 0 Å². The number of hydrogen-bond acceptors (Lipinski definition) is 4. The predicted molar refractivity (Wildman–Crippen MR) is 89.4 cm³/mol. The Bertz CT molecular complexity index is 1060. The van der Waals surface area contributed by atoms with E-state index in [0.29, 0.717) is 35.3 Å². The second kappa shape index (κ2) is 5.10. The predicted octanol–water partition coefficient (Wildman–Crippen LogP) is 1.46. The fraction of sp³-hybridized carbons (Fsp3) is 0.188. The van der Waals surface area contributed by atoms with E-state index in [0.717, 1.165) is 5.69 Å². The molecule has 0 saturated heterocycles. The molecule has 124 valence electrons. The Kier molecular flexibility index (Phi) is 3.24. The van der Waals surface area contributed by atoms with Crippen molar-refractivity contribution in [3.63, 3.8) is 0 Å². The van der Waals surface area contributed by atoms with Crippen LogP contribution in [0.1, 0.15) is 23.9 Å². The van der Waals surface area contributed by atoms with Crippen molar-refractivity contribution in [1.82, 2.24) is 14.4 Å². The number of aliphatic hydroxyl groups is 1. The van der Waals surface area contributed by atoms with E-state index in [-0.39, 0.29) is 5.03 Å². The summed E-state index contributed by atoms with van der Waals surface area (Å²) in [6.07, 6.45) is 3.79. The van der Waals surface area contributed by atoms with Crippen molar-refractivity contribution < 1.29 is 13.7 Å². The topological polar surface area (TPSA) is 93.5 Å². The van der Waals surface area contributed by atoms with Crippen LogP contribution in [0.4, 0.5) is 4.39 Å². The van der Waals surface area contributed by atoms with Gasteiger partial charge in [0.15, 0.2) is 0 Å². The highest BCUT2D eigenvalue weighted by Crippen LogP contribution is 2.33. The average Bonchev–Trinajstić information content (AvgIpc) is 3.05. The molecule has 0 saturated carbocycles. The number of hydrogen-bond donors (Lipinski definition) is 2. The second-order valence-electron chi connectivity index (χ2n) is 5.87. The second-order valence-corrected chi connectivity index (χ2v) is 7.74. The van der Waals surface area contributed by atoms with Gasteiger partial charge in [0.2, 0.25) is 0 Å². The van der Waals surface area contributed by atoms with Crippen molar-refractivity contribution in [1.29, 1.82) is 0 Å². The van der Waals surface area contributed by atoms with E-state index >= 15 is 0 Å². The van der Waals surface area contributed by atoms with Gasteiger partial charge in [-0.1, -0.05) is 0 Å². The third-order valence-corrected chi connectivity index (χ3v) is 5.16. The summed E-state index contributed by atoms with van der Waals surface area (Å²) in [6.45, 7) is 0. The van der Waals surface area contributed by atoms with Crippen LogP contribution >= 0.6 is 0 Å². The van der Waals surface area contributed by atoms with Crippen molar-refractivity contribution in [2.24, 2.45) is 5.14 Å². The minimum absolute atomic E-state index is 0.166. The Balaban J connectivity index is 1.86. The summed E-state index contributed by atoms with van der Waals surface area (Å²) >= 11 is 0. The quantitative estimate of drug-likeness (QED) is 0.687. The summed E-state index contributed by atoms with van der Waals surface area (Å²) in [5.74, 6) is 2.93. The lowest BCUT2D eigenvalue weighted by Gasteiger charge is -2.07. The van der Waals surface area contributed by atoms with Gasteiger partial charge >= 0.3 is 0 Å². The molecule has 8 heteroatoms. The molecule has 2 atom stereocenters. The van der Waals surface area contributed by atoms with Gasteiger partial charge in [0, 0.05) is 35.3 Å². The largest absolute Gasteiger partial charge is 0.387 e. The third kappa shape index (κ3) is 2.31. The number of halogens is 1. The first-order valence-electron chi connectivity index (χ1n) is 7.34. The van der Waals surface area contributed by atoms with Gasteiger partial charge in [-0.25, -0.2) is 18.6 Å². The standard InChI is InChI=1S/C16H15FN4O2S/c1-24(18,23)15-5-2-9(7-19-15)10-8-21-12-3-4-13(22)16(12)20-14(21)6-11(10)17/h2,5-8,13,22H,1,3-4H2,(H2,18,23). The Morgan fingerprint density at radius 3 is 2.92 bits per heavy atom. The van der Waals surface area contributed by atoms with Crippen molar-refractivity contribution in [2.75, 3.05) is 0 Å². The van der Waals surface area contributed by atoms with Gasteiger partial charge in [0.25, 0.3) is 0 Å². The van der Waals surface area contributed by atoms with Gasteiger partial charge in [-0.3, -0.25) is 5.14 Å². The number of imidazole rings is 1. The van der Waals surface area contributed by atoms with E-state index in [1.807, 2.05) is 0 Å². The van der Waals surface area contributed by atoms with E-state index in [9.17, 15) is 13.7 Å². The van der Waals surface area contributed by atoms with Crippen LogP contribution in [0.15, 0.2) is 35.6 Å². The van der Waals surface area contributed by atoms with Gasteiger partial charge in [0.1, 0.15) is 16.5 Å². The lowest BCUT2D eigenvalue weighted by atomic mass is 10.1. The SMILES string of the molecule is C=S(N)(=O)c1ccc(-c2cn3c4c(nc3cc2F)C(O)CC4)cn1. The van der Waals surface area contributed by atoms with Crippen LogP contribution in [0.2, 0.25) is 0 Å². The zero-order valence-corrected chi connectivity index (χ0v) is 13.5.